The van der Waals surface area contributed by atoms with Gasteiger partial charge in [-0.05, 0) is 30.5 Å². The number of aromatic hydroxyl groups is 1. The van der Waals surface area contributed by atoms with Crippen molar-refractivity contribution in [3.63, 3.8) is 0 Å². The van der Waals surface area contributed by atoms with Crippen molar-refractivity contribution in [2.24, 2.45) is 5.73 Å². The summed E-state index contributed by atoms with van der Waals surface area (Å²) in [6.45, 7) is 0. The Bertz CT molecular complexity index is 338. The summed E-state index contributed by atoms with van der Waals surface area (Å²) in [5, 5.41) is 9.00. The highest BCUT2D eigenvalue weighted by molar-refractivity contribution is 5.37. The summed E-state index contributed by atoms with van der Waals surface area (Å²) >= 11 is 0. The molecule has 2 nitrogen and oxygen atoms in total. The zero-order chi connectivity index (χ0) is 9.64. The van der Waals surface area contributed by atoms with Gasteiger partial charge in [0.1, 0.15) is 0 Å². The molecule has 1 aliphatic rings. The highest BCUT2D eigenvalue weighted by Crippen LogP contribution is 2.44. The van der Waals surface area contributed by atoms with Gasteiger partial charge in [-0.25, -0.2) is 4.39 Å². The van der Waals surface area contributed by atoms with Crippen LogP contribution in [0.4, 0.5) is 8.78 Å². The van der Waals surface area contributed by atoms with E-state index >= 15 is 0 Å². The minimum absolute atomic E-state index is 0.462. The van der Waals surface area contributed by atoms with E-state index in [-0.39, 0.29) is 0 Å². The zero-order valence-corrected chi connectivity index (χ0v) is 6.85. The Morgan fingerprint density at radius 1 is 1.31 bits per heavy atom. The van der Waals surface area contributed by atoms with Crippen LogP contribution < -0.4 is 5.73 Å². The molecule has 13 heavy (non-hydrogen) atoms. The zero-order valence-electron chi connectivity index (χ0n) is 6.85. The summed E-state index contributed by atoms with van der Waals surface area (Å²) in [5.41, 5.74) is 5.67. The molecule has 70 valence electrons. The second kappa shape index (κ2) is 2.42. The molecule has 0 spiro atoms. The number of rotatable bonds is 1. The van der Waals surface area contributed by atoms with Gasteiger partial charge >= 0.3 is 0 Å². The predicted octanol–water partition coefficient (Wildman–Crippen LogP) is 1.62. The van der Waals surface area contributed by atoms with Gasteiger partial charge in [-0.3, -0.25) is 0 Å². The molecule has 1 aromatic rings. The van der Waals surface area contributed by atoms with Gasteiger partial charge in [0.2, 0.25) is 0 Å². The minimum Gasteiger partial charge on any atom is -0.505 e. The molecule has 0 heterocycles. The van der Waals surface area contributed by atoms with Crippen molar-refractivity contribution < 1.29 is 13.9 Å². The van der Waals surface area contributed by atoms with Crippen LogP contribution in [0.25, 0.3) is 0 Å². The SMILES string of the molecule is NC1(c2cc(O)c(F)c(F)c2)CC1. The van der Waals surface area contributed by atoms with Crippen LogP contribution in [0, 0.1) is 11.6 Å². The number of benzene rings is 1. The van der Waals surface area contributed by atoms with Gasteiger partial charge in [0.15, 0.2) is 17.4 Å². The summed E-state index contributed by atoms with van der Waals surface area (Å²) in [4.78, 5) is 0. The Labute approximate surface area is 74.0 Å². The Morgan fingerprint density at radius 2 is 1.92 bits per heavy atom. The van der Waals surface area contributed by atoms with Crippen molar-refractivity contribution in [3.8, 4) is 5.75 Å². The molecule has 0 aromatic heterocycles. The van der Waals surface area contributed by atoms with Crippen molar-refractivity contribution >= 4 is 0 Å². The molecular formula is C9H9F2NO. The Kier molecular flexibility index (Phi) is 1.57. The summed E-state index contributed by atoms with van der Waals surface area (Å²) in [5.74, 6) is -2.94. The molecule has 0 amide bonds. The molecule has 0 bridgehead atoms. The smallest absolute Gasteiger partial charge is 0.200 e. The molecule has 2 rings (SSSR count). The van der Waals surface area contributed by atoms with E-state index in [4.69, 9.17) is 10.8 Å². The van der Waals surface area contributed by atoms with Crippen LogP contribution in [0.1, 0.15) is 18.4 Å². The Balaban J connectivity index is 2.50. The first-order chi connectivity index (χ1) is 6.03. The molecule has 1 aliphatic carbocycles. The molecule has 4 heteroatoms. The molecule has 0 radical (unpaired) electrons. The lowest BCUT2D eigenvalue weighted by Gasteiger charge is -2.09. The van der Waals surface area contributed by atoms with Crippen molar-refractivity contribution in [1.29, 1.82) is 0 Å². The number of halogens is 2. The lowest BCUT2D eigenvalue weighted by molar-refractivity contribution is 0.404. The average Bonchev–Trinajstić information content (AvgIpc) is 2.80. The van der Waals surface area contributed by atoms with Gasteiger partial charge in [-0.2, -0.15) is 4.39 Å². The lowest BCUT2D eigenvalue weighted by Crippen LogP contribution is -2.18. The van der Waals surface area contributed by atoms with E-state index in [1.165, 1.54) is 6.07 Å². The van der Waals surface area contributed by atoms with Crippen LogP contribution in [-0.4, -0.2) is 5.11 Å². The third-order valence-electron chi connectivity index (χ3n) is 2.37. The number of phenolic OH excluding ortho intramolecular Hbond substituents is 1. The number of hydrogen-bond donors (Lipinski definition) is 2. The fourth-order valence-corrected chi connectivity index (χ4v) is 1.29. The van der Waals surface area contributed by atoms with Gasteiger partial charge in [-0.1, -0.05) is 0 Å². The monoisotopic (exact) mass is 185 g/mol. The van der Waals surface area contributed by atoms with E-state index in [0.717, 1.165) is 18.9 Å². The molecule has 1 saturated carbocycles. The molecule has 3 N–H and O–H groups in total. The second-order valence-electron chi connectivity index (χ2n) is 3.45. The summed E-state index contributed by atoms with van der Waals surface area (Å²) in [7, 11) is 0. The Morgan fingerprint density at radius 3 is 2.38 bits per heavy atom. The third kappa shape index (κ3) is 1.27. The minimum atomic E-state index is -1.21. The van der Waals surface area contributed by atoms with E-state index < -0.39 is 22.9 Å². The van der Waals surface area contributed by atoms with E-state index in [2.05, 4.69) is 0 Å². The van der Waals surface area contributed by atoms with Crippen LogP contribution >= 0.6 is 0 Å². The quantitative estimate of drug-likeness (QED) is 0.698. The Hall–Kier alpha value is -1.16. The van der Waals surface area contributed by atoms with E-state index in [0.29, 0.717) is 5.56 Å². The van der Waals surface area contributed by atoms with Gasteiger partial charge < -0.3 is 10.8 Å². The fraction of sp³-hybridized carbons (Fsp3) is 0.333. The molecule has 0 saturated heterocycles. The van der Waals surface area contributed by atoms with Gasteiger partial charge in [0.25, 0.3) is 0 Å². The fourth-order valence-electron chi connectivity index (χ4n) is 1.29. The molecular weight excluding hydrogens is 176 g/mol. The first-order valence-electron chi connectivity index (χ1n) is 4.00. The summed E-state index contributed by atoms with van der Waals surface area (Å²) < 4.78 is 25.5. The summed E-state index contributed by atoms with van der Waals surface area (Å²) in [6.07, 6.45) is 1.50. The maximum atomic E-state index is 12.8. The number of phenols is 1. The normalized spacial score (nSPS) is 18.7. The van der Waals surface area contributed by atoms with Crippen molar-refractivity contribution in [2.75, 3.05) is 0 Å². The third-order valence-corrected chi connectivity index (χ3v) is 2.37. The standard InChI is InChI=1S/C9H9F2NO/c10-6-3-5(9(12)1-2-9)4-7(13)8(6)11/h3-4,13H,1-2,12H2. The first kappa shape index (κ1) is 8.44. The van der Waals surface area contributed by atoms with Crippen LogP contribution in [0.3, 0.4) is 0 Å². The number of nitrogens with two attached hydrogens (primary N) is 1. The number of hydrogen-bond acceptors (Lipinski definition) is 2. The average molecular weight is 185 g/mol. The highest BCUT2D eigenvalue weighted by atomic mass is 19.2. The van der Waals surface area contributed by atoms with Gasteiger partial charge in [0, 0.05) is 5.54 Å². The molecule has 1 aromatic carbocycles. The second-order valence-corrected chi connectivity index (χ2v) is 3.45. The van der Waals surface area contributed by atoms with E-state index in [9.17, 15) is 8.78 Å². The van der Waals surface area contributed by atoms with Crippen LogP contribution in [-0.2, 0) is 5.54 Å². The molecule has 0 aliphatic heterocycles. The predicted molar refractivity (Wildman–Crippen MR) is 43.1 cm³/mol. The van der Waals surface area contributed by atoms with Crippen LogP contribution in [0.2, 0.25) is 0 Å². The summed E-state index contributed by atoms with van der Waals surface area (Å²) in [6, 6.07) is 2.23. The maximum Gasteiger partial charge on any atom is 0.200 e. The largest absolute Gasteiger partial charge is 0.505 e. The van der Waals surface area contributed by atoms with Crippen molar-refractivity contribution in [2.45, 2.75) is 18.4 Å². The van der Waals surface area contributed by atoms with Crippen molar-refractivity contribution in [1.82, 2.24) is 0 Å². The lowest BCUT2D eigenvalue weighted by atomic mass is 10.1. The van der Waals surface area contributed by atoms with E-state index in [1.807, 2.05) is 0 Å². The van der Waals surface area contributed by atoms with Gasteiger partial charge in [-0.15, -0.1) is 0 Å². The first-order valence-corrected chi connectivity index (χ1v) is 4.00. The van der Waals surface area contributed by atoms with Crippen LogP contribution in [0.15, 0.2) is 12.1 Å². The van der Waals surface area contributed by atoms with E-state index in [1.54, 1.807) is 0 Å². The highest BCUT2D eigenvalue weighted by Gasteiger charge is 2.40. The molecule has 1 fully saturated rings. The van der Waals surface area contributed by atoms with Crippen molar-refractivity contribution in [3.05, 3.63) is 29.3 Å². The molecule has 0 unspecified atom stereocenters. The topological polar surface area (TPSA) is 46.2 Å². The van der Waals surface area contributed by atoms with Crippen LogP contribution in [0.5, 0.6) is 5.75 Å². The maximum absolute atomic E-state index is 12.8. The van der Waals surface area contributed by atoms with Gasteiger partial charge in [0.05, 0.1) is 0 Å². The molecule has 0 atom stereocenters.